The van der Waals surface area contributed by atoms with Gasteiger partial charge in [-0.2, -0.15) is 13.2 Å². The summed E-state index contributed by atoms with van der Waals surface area (Å²) >= 11 is 6.16. The van der Waals surface area contributed by atoms with Gasteiger partial charge in [-0.25, -0.2) is 4.98 Å². The lowest BCUT2D eigenvalue weighted by atomic mass is 10.0. The monoisotopic (exact) mass is 290 g/mol. The van der Waals surface area contributed by atoms with Gasteiger partial charge in [0.15, 0.2) is 0 Å². The summed E-state index contributed by atoms with van der Waals surface area (Å²) in [6.07, 6.45) is 0.360. The normalized spacial score (nSPS) is 30.7. The fourth-order valence-electron chi connectivity index (χ4n) is 3.28. The zero-order valence-electron chi connectivity index (χ0n) is 10.2. The number of halogens is 4. The number of aromatic nitrogens is 1. The number of hydrogen-bond acceptors (Lipinski definition) is 2. The molecule has 1 aromatic heterocycles. The maximum absolute atomic E-state index is 13.1. The zero-order chi connectivity index (χ0) is 13.6. The van der Waals surface area contributed by atoms with Crippen LogP contribution in [0.3, 0.4) is 0 Å². The van der Waals surface area contributed by atoms with Crippen LogP contribution in [0.1, 0.15) is 31.2 Å². The Labute approximate surface area is 114 Å². The van der Waals surface area contributed by atoms with E-state index in [4.69, 9.17) is 11.6 Å². The number of nitrogens with zero attached hydrogens (tertiary/aromatic N) is 2. The van der Waals surface area contributed by atoms with Crippen molar-refractivity contribution in [3.05, 3.63) is 23.9 Å². The highest BCUT2D eigenvalue weighted by molar-refractivity contribution is 6.20. The number of rotatable bonds is 1. The number of piperidine rings is 1. The van der Waals surface area contributed by atoms with Crippen LogP contribution < -0.4 is 4.90 Å². The Bertz CT molecular complexity index is 463. The van der Waals surface area contributed by atoms with Gasteiger partial charge in [0.05, 0.1) is 5.56 Å². The van der Waals surface area contributed by atoms with E-state index in [0.29, 0.717) is 0 Å². The number of alkyl halides is 4. The van der Waals surface area contributed by atoms with Gasteiger partial charge in [-0.05, 0) is 37.8 Å². The fourth-order valence-corrected chi connectivity index (χ4v) is 3.69. The van der Waals surface area contributed by atoms with Crippen LogP contribution in [0, 0.1) is 0 Å². The van der Waals surface area contributed by atoms with Crippen LogP contribution in [-0.2, 0) is 6.18 Å². The number of fused-ring (bicyclic) bond motifs is 2. The molecule has 2 bridgehead atoms. The van der Waals surface area contributed by atoms with E-state index in [9.17, 15) is 13.2 Å². The standard InChI is InChI=1S/C13H14ClF3N2/c14-8-6-9-3-4-10(7-8)19(9)12-11(13(15,16)17)2-1-5-18-12/h1-2,5,8-10H,3-4,6-7H2. The highest BCUT2D eigenvalue weighted by Crippen LogP contribution is 2.44. The molecule has 0 aromatic carbocycles. The Balaban J connectivity index is 2.00. The van der Waals surface area contributed by atoms with Crippen molar-refractivity contribution in [1.29, 1.82) is 0 Å². The number of pyridine rings is 1. The SMILES string of the molecule is FC(F)(F)c1cccnc1N1C2CCC1CC(Cl)C2. The molecule has 1 aromatic rings. The fraction of sp³-hybridized carbons (Fsp3) is 0.615. The van der Waals surface area contributed by atoms with Gasteiger partial charge in [-0.3, -0.25) is 0 Å². The molecular formula is C13H14ClF3N2. The first-order valence-electron chi connectivity index (χ1n) is 6.41. The summed E-state index contributed by atoms with van der Waals surface area (Å²) < 4.78 is 39.2. The molecule has 2 nitrogen and oxygen atoms in total. The van der Waals surface area contributed by atoms with Crippen molar-refractivity contribution in [3.63, 3.8) is 0 Å². The topological polar surface area (TPSA) is 16.1 Å². The highest BCUT2D eigenvalue weighted by atomic mass is 35.5. The van der Waals surface area contributed by atoms with Crippen molar-refractivity contribution in [2.45, 2.75) is 49.3 Å². The van der Waals surface area contributed by atoms with Gasteiger partial charge in [0.1, 0.15) is 5.82 Å². The first-order valence-corrected chi connectivity index (χ1v) is 6.85. The van der Waals surface area contributed by atoms with E-state index in [1.54, 1.807) is 0 Å². The van der Waals surface area contributed by atoms with Gasteiger partial charge in [0, 0.05) is 23.7 Å². The molecule has 6 heteroatoms. The van der Waals surface area contributed by atoms with Crippen LogP contribution in [0.15, 0.2) is 18.3 Å². The molecule has 2 aliphatic heterocycles. The second-order valence-electron chi connectivity index (χ2n) is 5.23. The average Bonchev–Trinajstić information content (AvgIpc) is 2.60. The lowest BCUT2D eigenvalue weighted by Gasteiger charge is -2.38. The molecule has 3 rings (SSSR count). The van der Waals surface area contributed by atoms with Crippen LogP contribution in [0.2, 0.25) is 0 Å². The van der Waals surface area contributed by atoms with Crippen LogP contribution in [-0.4, -0.2) is 22.4 Å². The summed E-state index contributed by atoms with van der Waals surface area (Å²) in [5.74, 6) is 0.0751. The van der Waals surface area contributed by atoms with Gasteiger partial charge in [0.25, 0.3) is 0 Å². The summed E-state index contributed by atoms with van der Waals surface area (Å²) in [6, 6.07) is 2.63. The van der Waals surface area contributed by atoms with Crippen molar-refractivity contribution < 1.29 is 13.2 Å². The molecule has 2 aliphatic rings. The molecule has 0 radical (unpaired) electrons. The zero-order valence-corrected chi connectivity index (χ0v) is 11.0. The van der Waals surface area contributed by atoms with Crippen molar-refractivity contribution in [3.8, 4) is 0 Å². The molecule has 0 aliphatic carbocycles. The van der Waals surface area contributed by atoms with Crippen LogP contribution in [0.25, 0.3) is 0 Å². The lowest BCUT2D eigenvalue weighted by Crippen LogP contribution is -2.44. The van der Waals surface area contributed by atoms with E-state index < -0.39 is 11.7 Å². The number of anilines is 1. The van der Waals surface area contributed by atoms with E-state index in [1.165, 1.54) is 12.3 Å². The molecule has 0 saturated carbocycles. The molecular weight excluding hydrogens is 277 g/mol. The maximum atomic E-state index is 13.1. The molecule has 0 spiro atoms. The summed E-state index contributed by atoms with van der Waals surface area (Å²) in [6.45, 7) is 0. The summed E-state index contributed by atoms with van der Waals surface area (Å²) in [5.41, 5.74) is -0.639. The third-order valence-electron chi connectivity index (χ3n) is 4.01. The molecule has 19 heavy (non-hydrogen) atoms. The second-order valence-corrected chi connectivity index (χ2v) is 5.85. The summed E-state index contributed by atoms with van der Waals surface area (Å²) in [7, 11) is 0. The minimum absolute atomic E-state index is 0.0751. The first kappa shape index (κ1) is 13.0. The second kappa shape index (κ2) is 4.54. The molecule has 0 amide bonds. The average molecular weight is 291 g/mol. The Morgan fingerprint density at radius 2 is 1.84 bits per heavy atom. The Hall–Kier alpha value is -0.970. The third kappa shape index (κ3) is 2.29. The predicted octanol–water partition coefficient (Wildman–Crippen LogP) is 3.84. The Morgan fingerprint density at radius 3 is 2.42 bits per heavy atom. The van der Waals surface area contributed by atoms with E-state index in [0.717, 1.165) is 31.7 Å². The van der Waals surface area contributed by atoms with Crippen LogP contribution in [0.5, 0.6) is 0 Å². The van der Waals surface area contributed by atoms with Gasteiger partial charge in [-0.15, -0.1) is 11.6 Å². The number of hydrogen-bond donors (Lipinski definition) is 0. The minimum atomic E-state index is -4.36. The molecule has 104 valence electrons. The maximum Gasteiger partial charge on any atom is 0.419 e. The van der Waals surface area contributed by atoms with E-state index in [1.807, 2.05) is 4.90 Å². The van der Waals surface area contributed by atoms with Crippen LogP contribution in [0.4, 0.5) is 19.0 Å². The Kier molecular flexibility index (Phi) is 3.12. The minimum Gasteiger partial charge on any atom is -0.350 e. The van der Waals surface area contributed by atoms with Crippen molar-refractivity contribution in [2.24, 2.45) is 0 Å². The molecule has 0 N–H and O–H groups in total. The van der Waals surface area contributed by atoms with Crippen LogP contribution >= 0.6 is 11.6 Å². The predicted molar refractivity (Wildman–Crippen MR) is 67.4 cm³/mol. The van der Waals surface area contributed by atoms with Crippen molar-refractivity contribution in [2.75, 3.05) is 4.90 Å². The largest absolute Gasteiger partial charge is 0.419 e. The van der Waals surface area contributed by atoms with E-state index >= 15 is 0 Å². The molecule has 2 unspecified atom stereocenters. The summed E-state index contributed by atoms with van der Waals surface area (Å²) in [4.78, 5) is 5.85. The third-order valence-corrected chi connectivity index (χ3v) is 4.37. The van der Waals surface area contributed by atoms with Crippen molar-refractivity contribution in [1.82, 2.24) is 4.98 Å². The summed E-state index contributed by atoms with van der Waals surface area (Å²) in [5, 5.41) is 0.0757. The lowest BCUT2D eigenvalue weighted by molar-refractivity contribution is -0.137. The first-order chi connectivity index (χ1) is 8.97. The Morgan fingerprint density at radius 1 is 1.21 bits per heavy atom. The smallest absolute Gasteiger partial charge is 0.350 e. The van der Waals surface area contributed by atoms with E-state index in [2.05, 4.69) is 4.98 Å². The van der Waals surface area contributed by atoms with Gasteiger partial charge in [-0.1, -0.05) is 0 Å². The van der Waals surface area contributed by atoms with E-state index in [-0.39, 0.29) is 23.3 Å². The molecule has 2 fully saturated rings. The molecule has 2 atom stereocenters. The van der Waals surface area contributed by atoms with Gasteiger partial charge < -0.3 is 4.90 Å². The van der Waals surface area contributed by atoms with Crippen molar-refractivity contribution >= 4 is 17.4 Å². The highest BCUT2D eigenvalue weighted by Gasteiger charge is 2.44. The van der Waals surface area contributed by atoms with Gasteiger partial charge >= 0.3 is 6.18 Å². The quantitative estimate of drug-likeness (QED) is 0.731. The van der Waals surface area contributed by atoms with Gasteiger partial charge in [0.2, 0.25) is 0 Å². The molecule has 3 heterocycles. The molecule has 2 saturated heterocycles.